The summed E-state index contributed by atoms with van der Waals surface area (Å²) in [6.45, 7) is 0. The summed E-state index contributed by atoms with van der Waals surface area (Å²) >= 11 is 1.27. The number of nitrogens with one attached hydrogen (secondary N) is 1. The minimum Gasteiger partial charge on any atom is -0.480 e. The molecule has 0 spiro atoms. The van der Waals surface area contributed by atoms with E-state index in [1.165, 1.54) is 11.8 Å². The van der Waals surface area contributed by atoms with E-state index in [2.05, 4.69) is 15.3 Å². The lowest BCUT2D eigenvalue weighted by Crippen LogP contribution is -2.22. The average Bonchev–Trinajstić information content (AvgIpc) is 2.61. The van der Waals surface area contributed by atoms with Gasteiger partial charge in [0.15, 0.2) is 0 Å². The standard InChI is InChI=1S/C9H7N3O2S/c13-9(14)7-6-5-4(11-3-12-6)1-2-10-8(5)15-7/h1-3,6-7H,(H,11,12)(H,13,14). The van der Waals surface area contributed by atoms with E-state index in [4.69, 9.17) is 5.11 Å². The summed E-state index contributed by atoms with van der Waals surface area (Å²) in [6, 6.07) is 1.54. The first-order valence-corrected chi connectivity index (χ1v) is 5.32. The van der Waals surface area contributed by atoms with E-state index in [1.54, 1.807) is 12.5 Å². The number of thioether (sulfide) groups is 1. The highest BCUT2D eigenvalue weighted by Crippen LogP contribution is 2.49. The van der Waals surface area contributed by atoms with E-state index in [-0.39, 0.29) is 6.04 Å². The summed E-state index contributed by atoms with van der Waals surface area (Å²) in [6.07, 6.45) is 3.23. The molecule has 0 amide bonds. The molecule has 1 aromatic rings. The second-order valence-corrected chi connectivity index (χ2v) is 4.45. The van der Waals surface area contributed by atoms with Crippen LogP contribution >= 0.6 is 11.8 Å². The van der Waals surface area contributed by atoms with Crippen LogP contribution in [0, 0.1) is 0 Å². The number of hydrogen-bond donors (Lipinski definition) is 2. The molecule has 76 valence electrons. The van der Waals surface area contributed by atoms with E-state index in [0.29, 0.717) is 0 Å². The van der Waals surface area contributed by atoms with Crippen LogP contribution in [0.3, 0.4) is 0 Å². The van der Waals surface area contributed by atoms with Crippen LogP contribution in [0.2, 0.25) is 0 Å². The number of carboxylic acid groups (broad SMARTS) is 1. The molecule has 0 aromatic carbocycles. The van der Waals surface area contributed by atoms with Gasteiger partial charge in [-0.25, -0.2) is 4.98 Å². The molecule has 0 saturated carbocycles. The third kappa shape index (κ3) is 1.14. The summed E-state index contributed by atoms with van der Waals surface area (Å²) in [5.41, 5.74) is 1.83. The number of carboxylic acids is 1. The molecule has 2 aliphatic heterocycles. The highest BCUT2D eigenvalue weighted by Gasteiger charge is 2.41. The van der Waals surface area contributed by atoms with Crippen LogP contribution in [0.4, 0.5) is 5.69 Å². The molecule has 0 bridgehead atoms. The average molecular weight is 221 g/mol. The number of aromatic nitrogens is 1. The van der Waals surface area contributed by atoms with Crippen LogP contribution in [-0.2, 0) is 4.79 Å². The van der Waals surface area contributed by atoms with Gasteiger partial charge in [-0.15, -0.1) is 0 Å². The molecule has 5 nitrogen and oxygen atoms in total. The maximum atomic E-state index is 11.0. The van der Waals surface area contributed by atoms with E-state index in [9.17, 15) is 4.79 Å². The van der Waals surface area contributed by atoms with Crippen LogP contribution < -0.4 is 5.32 Å². The Labute approximate surface area is 89.6 Å². The topological polar surface area (TPSA) is 74.6 Å². The Kier molecular flexibility index (Phi) is 1.72. The largest absolute Gasteiger partial charge is 0.480 e. The van der Waals surface area contributed by atoms with E-state index >= 15 is 0 Å². The van der Waals surface area contributed by atoms with Gasteiger partial charge in [0.1, 0.15) is 16.3 Å². The van der Waals surface area contributed by atoms with Gasteiger partial charge in [0.05, 0.1) is 6.34 Å². The molecule has 2 N–H and O–H groups in total. The van der Waals surface area contributed by atoms with E-state index in [1.807, 2.05) is 6.07 Å². The first kappa shape index (κ1) is 8.72. The van der Waals surface area contributed by atoms with Crippen molar-refractivity contribution in [2.75, 3.05) is 5.32 Å². The van der Waals surface area contributed by atoms with Gasteiger partial charge in [-0.1, -0.05) is 11.8 Å². The van der Waals surface area contributed by atoms with Gasteiger partial charge in [0.2, 0.25) is 0 Å². The zero-order valence-electron chi connectivity index (χ0n) is 7.54. The van der Waals surface area contributed by atoms with Crippen molar-refractivity contribution < 1.29 is 9.90 Å². The van der Waals surface area contributed by atoms with Crippen molar-refractivity contribution in [3.8, 4) is 0 Å². The lowest BCUT2D eigenvalue weighted by Gasteiger charge is -2.17. The van der Waals surface area contributed by atoms with Crippen molar-refractivity contribution >= 4 is 29.8 Å². The van der Waals surface area contributed by atoms with Crippen LogP contribution in [0.25, 0.3) is 0 Å². The lowest BCUT2D eigenvalue weighted by molar-refractivity contribution is -0.136. The molecule has 6 heteroatoms. The first-order valence-electron chi connectivity index (χ1n) is 4.44. The highest BCUT2D eigenvalue weighted by atomic mass is 32.2. The second kappa shape index (κ2) is 2.96. The van der Waals surface area contributed by atoms with Crippen molar-refractivity contribution in [2.45, 2.75) is 16.3 Å². The molecule has 3 rings (SSSR count). The number of hydrogen-bond acceptors (Lipinski definition) is 5. The Morgan fingerprint density at radius 2 is 2.47 bits per heavy atom. The molecule has 0 aliphatic carbocycles. The van der Waals surface area contributed by atoms with Crippen molar-refractivity contribution in [2.24, 2.45) is 4.99 Å². The smallest absolute Gasteiger partial charge is 0.319 e. The number of anilines is 1. The maximum absolute atomic E-state index is 11.0. The van der Waals surface area contributed by atoms with Crippen molar-refractivity contribution in [3.63, 3.8) is 0 Å². The monoisotopic (exact) mass is 221 g/mol. The zero-order valence-corrected chi connectivity index (χ0v) is 8.36. The molecule has 15 heavy (non-hydrogen) atoms. The van der Waals surface area contributed by atoms with Crippen LogP contribution in [-0.4, -0.2) is 27.6 Å². The number of rotatable bonds is 1. The normalized spacial score (nSPS) is 25.9. The van der Waals surface area contributed by atoms with E-state index < -0.39 is 11.2 Å². The highest BCUT2D eigenvalue weighted by molar-refractivity contribution is 8.00. The molecule has 3 heterocycles. The molecule has 2 atom stereocenters. The van der Waals surface area contributed by atoms with Gasteiger partial charge in [-0.05, 0) is 6.07 Å². The number of aliphatic carboxylic acids is 1. The van der Waals surface area contributed by atoms with Gasteiger partial charge in [-0.2, -0.15) is 0 Å². The Hall–Kier alpha value is -1.56. The quantitative estimate of drug-likeness (QED) is 0.743. The number of aliphatic imine (C=N–C) groups is 1. The van der Waals surface area contributed by atoms with Crippen LogP contribution in [0.5, 0.6) is 0 Å². The van der Waals surface area contributed by atoms with Gasteiger partial charge >= 0.3 is 5.97 Å². The fourth-order valence-corrected chi connectivity index (χ4v) is 2.98. The predicted octanol–water partition coefficient (Wildman–Crippen LogP) is 1.14. The second-order valence-electron chi connectivity index (χ2n) is 3.32. The summed E-state index contributed by atoms with van der Waals surface area (Å²) in [5.74, 6) is -0.840. The van der Waals surface area contributed by atoms with Gasteiger partial charge in [0, 0.05) is 17.4 Å². The zero-order chi connectivity index (χ0) is 10.4. The first-order chi connectivity index (χ1) is 7.27. The number of nitrogens with zero attached hydrogens (tertiary/aromatic N) is 2. The SMILES string of the molecule is O=C(O)C1Sc2nccc3c2C1N=CN3. The molecule has 2 unspecified atom stereocenters. The van der Waals surface area contributed by atoms with E-state index in [0.717, 1.165) is 16.3 Å². The Bertz CT molecular complexity index is 474. The van der Waals surface area contributed by atoms with Gasteiger partial charge < -0.3 is 10.4 Å². The molecule has 0 fully saturated rings. The Morgan fingerprint density at radius 1 is 1.60 bits per heavy atom. The fraction of sp³-hybridized carbons (Fsp3) is 0.222. The van der Waals surface area contributed by atoms with Crippen LogP contribution in [0.1, 0.15) is 11.6 Å². The third-order valence-corrected chi connectivity index (χ3v) is 3.74. The molecular formula is C9H7N3O2S. The van der Waals surface area contributed by atoms with Crippen molar-refractivity contribution in [1.82, 2.24) is 4.98 Å². The van der Waals surface area contributed by atoms with Crippen molar-refractivity contribution in [3.05, 3.63) is 17.8 Å². The molecule has 2 aliphatic rings. The Balaban J connectivity index is 2.16. The minimum atomic E-state index is -0.840. The summed E-state index contributed by atoms with van der Waals surface area (Å²) in [7, 11) is 0. The molecule has 0 saturated heterocycles. The molecule has 0 radical (unpaired) electrons. The molecular weight excluding hydrogens is 214 g/mol. The third-order valence-electron chi connectivity index (χ3n) is 2.47. The van der Waals surface area contributed by atoms with Gasteiger partial charge in [0.25, 0.3) is 0 Å². The summed E-state index contributed by atoms with van der Waals surface area (Å²) in [4.78, 5) is 19.4. The minimum absolute atomic E-state index is 0.299. The number of pyridine rings is 1. The van der Waals surface area contributed by atoms with Gasteiger partial charge in [-0.3, -0.25) is 9.79 Å². The lowest BCUT2D eigenvalue weighted by atomic mass is 10.0. The predicted molar refractivity (Wildman–Crippen MR) is 56.4 cm³/mol. The van der Waals surface area contributed by atoms with Crippen molar-refractivity contribution in [1.29, 1.82) is 0 Å². The Morgan fingerprint density at radius 3 is 3.27 bits per heavy atom. The fourth-order valence-electron chi connectivity index (χ4n) is 1.82. The summed E-state index contributed by atoms with van der Waals surface area (Å²) < 4.78 is 0. The summed E-state index contributed by atoms with van der Waals surface area (Å²) in [5, 5.41) is 12.3. The number of carbonyl (C=O) groups is 1. The maximum Gasteiger partial charge on any atom is 0.319 e. The van der Waals surface area contributed by atoms with Crippen LogP contribution in [0.15, 0.2) is 22.3 Å². The molecule has 1 aromatic heterocycles.